The van der Waals surface area contributed by atoms with Gasteiger partial charge in [-0.25, -0.2) is 4.79 Å². The molecule has 4 heteroatoms. The molecule has 0 aliphatic rings. The Morgan fingerprint density at radius 2 is 1.50 bits per heavy atom. The second kappa shape index (κ2) is 9.61. The van der Waals surface area contributed by atoms with E-state index in [9.17, 15) is 4.79 Å². The molecule has 30 heavy (non-hydrogen) atoms. The van der Waals surface area contributed by atoms with Crippen LogP contribution in [0.4, 0.5) is 10.5 Å². The van der Waals surface area contributed by atoms with Crippen LogP contribution in [-0.4, -0.2) is 19.2 Å². The van der Waals surface area contributed by atoms with Gasteiger partial charge in [0.1, 0.15) is 12.4 Å². The van der Waals surface area contributed by atoms with Crippen LogP contribution in [0, 0.1) is 0 Å². The topological polar surface area (TPSA) is 50.4 Å². The lowest BCUT2D eigenvalue weighted by Gasteiger charge is -2.13. The maximum Gasteiger partial charge on any atom is 0.319 e. The van der Waals surface area contributed by atoms with E-state index in [-0.39, 0.29) is 6.03 Å². The van der Waals surface area contributed by atoms with E-state index in [0.717, 1.165) is 34.2 Å². The third-order valence-corrected chi connectivity index (χ3v) is 4.89. The number of nitrogens with one attached hydrogen (secondary N) is 2. The van der Waals surface area contributed by atoms with Gasteiger partial charge in [-0.15, -0.1) is 0 Å². The first-order chi connectivity index (χ1) is 14.8. The van der Waals surface area contributed by atoms with Gasteiger partial charge in [0.2, 0.25) is 0 Å². The van der Waals surface area contributed by atoms with Crippen LogP contribution in [0.2, 0.25) is 0 Å². The van der Waals surface area contributed by atoms with Crippen LogP contribution < -0.4 is 15.4 Å². The van der Waals surface area contributed by atoms with Crippen molar-refractivity contribution < 1.29 is 9.53 Å². The Bertz CT molecular complexity index is 1120. The molecule has 0 aliphatic carbocycles. The molecule has 2 N–H and O–H groups in total. The van der Waals surface area contributed by atoms with Crippen molar-refractivity contribution in [2.75, 3.05) is 18.5 Å². The summed E-state index contributed by atoms with van der Waals surface area (Å²) in [5.74, 6) is 0.845. The summed E-state index contributed by atoms with van der Waals surface area (Å²) in [7, 11) is 0. The molecule has 0 saturated carbocycles. The number of urea groups is 1. The van der Waals surface area contributed by atoms with Gasteiger partial charge in [-0.05, 0) is 28.6 Å². The van der Waals surface area contributed by atoms with Crippen molar-refractivity contribution in [1.82, 2.24) is 5.32 Å². The third kappa shape index (κ3) is 4.97. The maximum absolute atomic E-state index is 12.3. The number of para-hydroxylation sites is 1. The lowest BCUT2D eigenvalue weighted by Crippen LogP contribution is -2.32. The van der Waals surface area contributed by atoms with Gasteiger partial charge in [0.05, 0.1) is 12.2 Å². The Morgan fingerprint density at radius 1 is 0.767 bits per heavy atom. The molecule has 0 fully saturated rings. The van der Waals surface area contributed by atoms with Crippen LogP contribution in [0.3, 0.4) is 0 Å². The molecule has 0 unspecified atom stereocenters. The fourth-order valence-electron chi connectivity index (χ4n) is 3.43. The summed E-state index contributed by atoms with van der Waals surface area (Å²) in [6.07, 6.45) is 0.812. The molecular formula is C26H24N2O2. The Hall–Kier alpha value is -3.79. The zero-order chi connectivity index (χ0) is 20.6. The second-order valence-electron chi connectivity index (χ2n) is 7.03. The number of anilines is 1. The van der Waals surface area contributed by atoms with E-state index in [1.807, 2.05) is 78.9 Å². The number of benzene rings is 4. The Morgan fingerprint density at radius 3 is 2.40 bits per heavy atom. The van der Waals surface area contributed by atoms with Crippen LogP contribution >= 0.6 is 0 Å². The van der Waals surface area contributed by atoms with Gasteiger partial charge < -0.3 is 15.4 Å². The van der Waals surface area contributed by atoms with Gasteiger partial charge in [-0.2, -0.15) is 0 Å². The number of carbonyl (C=O) groups is 1. The molecule has 2 amide bonds. The van der Waals surface area contributed by atoms with E-state index in [1.54, 1.807) is 0 Å². The van der Waals surface area contributed by atoms with Crippen LogP contribution in [0.15, 0.2) is 97.1 Å². The lowest BCUT2D eigenvalue weighted by atomic mass is 10.0. The van der Waals surface area contributed by atoms with Crippen molar-refractivity contribution in [1.29, 1.82) is 0 Å². The highest BCUT2D eigenvalue weighted by Gasteiger charge is 2.07. The van der Waals surface area contributed by atoms with E-state index in [4.69, 9.17) is 4.74 Å². The molecular weight excluding hydrogens is 372 g/mol. The number of hydrogen-bond donors (Lipinski definition) is 2. The minimum absolute atomic E-state index is 0.243. The highest BCUT2D eigenvalue weighted by molar-refractivity contribution is 6.01. The van der Waals surface area contributed by atoms with E-state index in [0.29, 0.717) is 13.2 Å². The number of hydrogen-bond acceptors (Lipinski definition) is 2. The summed E-state index contributed by atoms with van der Waals surface area (Å²) >= 11 is 0. The summed E-state index contributed by atoms with van der Waals surface area (Å²) < 4.78 is 5.94. The SMILES string of the molecule is O=C(NCCOc1ccccc1Cc1ccccc1)Nc1cccc2ccccc12. The van der Waals surface area contributed by atoms with E-state index < -0.39 is 0 Å². The zero-order valence-electron chi connectivity index (χ0n) is 16.7. The van der Waals surface area contributed by atoms with Crippen molar-refractivity contribution >= 4 is 22.5 Å². The Labute approximate surface area is 176 Å². The maximum atomic E-state index is 12.3. The van der Waals surface area contributed by atoms with E-state index in [1.165, 1.54) is 5.56 Å². The molecule has 4 nitrogen and oxygen atoms in total. The molecule has 4 rings (SSSR count). The predicted octanol–water partition coefficient (Wildman–Crippen LogP) is 5.63. The first-order valence-electron chi connectivity index (χ1n) is 10.1. The van der Waals surface area contributed by atoms with Crippen molar-refractivity contribution in [3.8, 4) is 5.75 Å². The monoisotopic (exact) mass is 396 g/mol. The normalized spacial score (nSPS) is 10.5. The summed E-state index contributed by atoms with van der Waals surface area (Å²) in [6, 6.07) is 31.9. The average molecular weight is 396 g/mol. The van der Waals surface area contributed by atoms with Crippen LogP contribution in [0.5, 0.6) is 5.75 Å². The number of amides is 2. The minimum atomic E-state index is -0.243. The standard InChI is InChI=1S/C26H24N2O2/c29-26(28-24-15-8-13-21-11-4-6-14-23(21)24)27-17-18-30-25-16-7-5-12-22(25)19-20-9-2-1-3-10-20/h1-16H,17-19H2,(H2,27,28,29). The van der Waals surface area contributed by atoms with Gasteiger partial charge in [0.15, 0.2) is 0 Å². The molecule has 0 spiro atoms. The van der Waals surface area contributed by atoms with Crippen molar-refractivity contribution in [3.05, 3.63) is 108 Å². The van der Waals surface area contributed by atoms with Gasteiger partial charge in [-0.3, -0.25) is 0 Å². The smallest absolute Gasteiger partial charge is 0.319 e. The van der Waals surface area contributed by atoms with E-state index >= 15 is 0 Å². The summed E-state index contributed by atoms with van der Waals surface area (Å²) in [4.78, 5) is 12.3. The molecule has 4 aromatic carbocycles. The average Bonchev–Trinajstić information content (AvgIpc) is 2.79. The highest BCUT2D eigenvalue weighted by atomic mass is 16.5. The first-order valence-corrected chi connectivity index (χ1v) is 10.1. The Kier molecular flexibility index (Phi) is 6.25. The number of carbonyl (C=O) groups excluding carboxylic acids is 1. The third-order valence-electron chi connectivity index (χ3n) is 4.89. The van der Waals surface area contributed by atoms with Gasteiger partial charge in [-0.1, -0.05) is 84.9 Å². The summed E-state index contributed by atoms with van der Waals surface area (Å²) in [5, 5.41) is 7.89. The van der Waals surface area contributed by atoms with Crippen LogP contribution in [0.1, 0.15) is 11.1 Å². The quantitative estimate of drug-likeness (QED) is 0.398. The summed E-state index contributed by atoms with van der Waals surface area (Å²) in [5.41, 5.74) is 3.16. The fraction of sp³-hybridized carbons (Fsp3) is 0.115. The number of ether oxygens (including phenoxy) is 1. The molecule has 0 radical (unpaired) electrons. The fourth-order valence-corrected chi connectivity index (χ4v) is 3.43. The molecule has 0 heterocycles. The molecule has 0 aliphatic heterocycles. The largest absolute Gasteiger partial charge is 0.491 e. The molecule has 0 bridgehead atoms. The lowest BCUT2D eigenvalue weighted by molar-refractivity contribution is 0.247. The van der Waals surface area contributed by atoms with Crippen molar-refractivity contribution in [3.63, 3.8) is 0 Å². The number of rotatable bonds is 7. The van der Waals surface area contributed by atoms with Crippen LogP contribution in [-0.2, 0) is 6.42 Å². The molecule has 0 saturated heterocycles. The van der Waals surface area contributed by atoms with Crippen LogP contribution in [0.25, 0.3) is 10.8 Å². The van der Waals surface area contributed by atoms with Crippen molar-refractivity contribution in [2.24, 2.45) is 0 Å². The van der Waals surface area contributed by atoms with Gasteiger partial charge in [0.25, 0.3) is 0 Å². The Balaban J connectivity index is 1.29. The zero-order valence-corrected chi connectivity index (χ0v) is 16.7. The predicted molar refractivity (Wildman–Crippen MR) is 122 cm³/mol. The summed E-state index contributed by atoms with van der Waals surface area (Å²) in [6.45, 7) is 0.811. The number of fused-ring (bicyclic) bond motifs is 1. The molecule has 0 atom stereocenters. The van der Waals surface area contributed by atoms with Gasteiger partial charge >= 0.3 is 6.03 Å². The molecule has 150 valence electrons. The molecule has 0 aromatic heterocycles. The van der Waals surface area contributed by atoms with Crippen molar-refractivity contribution in [2.45, 2.75) is 6.42 Å². The highest BCUT2D eigenvalue weighted by Crippen LogP contribution is 2.23. The van der Waals surface area contributed by atoms with E-state index in [2.05, 4.69) is 28.8 Å². The minimum Gasteiger partial charge on any atom is -0.491 e. The molecule has 4 aromatic rings. The van der Waals surface area contributed by atoms with Gasteiger partial charge in [0, 0.05) is 11.8 Å². The first kappa shape index (κ1) is 19.5. The second-order valence-corrected chi connectivity index (χ2v) is 7.03.